The Morgan fingerprint density at radius 1 is 1.32 bits per heavy atom. The van der Waals surface area contributed by atoms with Gasteiger partial charge in [0.25, 0.3) is 0 Å². The summed E-state index contributed by atoms with van der Waals surface area (Å²) in [5.41, 5.74) is 1.17. The maximum atomic E-state index is 12.2. The van der Waals surface area contributed by atoms with Crippen LogP contribution in [0.4, 0.5) is 0 Å². The molecule has 1 aromatic carbocycles. The molecule has 1 atom stereocenters. The molecule has 0 aliphatic heterocycles. The van der Waals surface area contributed by atoms with E-state index in [-0.39, 0.29) is 11.9 Å². The molecule has 1 aliphatic rings. The fourth-order valence-electron chi connectivity index (χ4n) is 2.65. The second-order valence-electron chi connectivity index (χ2n) is 5.74. The lowest BCUT2D eigenvalue weighted by molar-refractivity contribution is -0.122. The van der Waals surface area contributed by atoms with E-state index >= 15 is 0 Å². The molecule has 3 nitrogen and oxygen atoms in total. The zero-order chi connectivity index (χ0) is 15.4. The second-order valence-corrected chi connectivity index (χ2v) is 6.77. The molecule has 1 heterocycles. The summed E-state index contributed by atoms with van der Waals surface area (Å²) in [6, 6.07) is 12.3. The van der Waals surface area contributed by atoms with E-state index in [4.69, 9.17) is 4.74 Å². The minimum Gasteiger partial charge on any atom is -0.497 e. The van der Waals surface area contributed by atoms with Gasteiger partial charge in [-0.1, -0.05) is 18.2 Å². The highest BCUT2D eigenvalue weighted by Crippen LogP contribution is 2.41. The van der Waals surface area contributed by atoms with E-state index < -0.39 is 0 Å². The molecule has 1 aromatic heterocycles. The van der Waals surface area contributed by atoms with Gasteiger partial charge in [0.1, 0.15) is 5.75 Å². The molecular weight excluding hydrogens is 294 g/mol. The third kappa shape index (κ3) is 3.89. The molecule has 1 fully saturated rings. The molecule has 1 unspecified atom stereocenters. The van der Waals surface area contributed by atoms with Gasteiger partial charge in [-0.2, -0.15) is 0 Å². The van der Waals surface area contributed by atoms with Crippen molar-refractivity contribution in [2.24, 2.45) is 5.92 Å². The summed E-state index contributed by atoms with van der Waals surface area (Å²) in [7, 11) is 1.67. The number of thiophene rings is 1. The minimum absolute atomic E-state index is 0.140. The molecule has 0 radical (unpaired) electrons. The SMILES string of the molecule is COc1ccc(C(NC(=O)CCc2cccs2)C2CC2)cc1. The Hall–Kier alpha value is -1.81. The van der Waals surface area contributed by atoms with E-state index in [2.05, 4.69) is 28.9 Å². The Morgan fingerprint density at radius 3 is 2.68 bits per heavy atom. The van der Waals surface area contributed by atoms with Crippen LogP contribution in [0, 0.1) is 5.92 Å². The van der Waals surface area contributed by atoms with Gasteiger partial charge in [-0.05, 0) is 54.3 Å². The fourth-order valence-corrected chi connectivity index (χ4v) is 3.36. The topological polar surface area (TPSA) is 38.3 Å². The quantitative estimate of drug-likeness (QED) is 0.840. The lowest BCUT2D eigenvalue weighted by Gasteiger charge is -2.19. The van der Waals surface area contributed by atoms with Crippen molar-refractivity contribution < 1.29 is 9.53 Å². The first-order valence-electron chi connectivity index (χ1n) is 7.72. The van der Waals surface area contributed by atoms with Gasteiger partial charge in [-0.3, -0.25) is 4.79 Å². The van der Waals surface area contributed by atoms with Crippen LogP contribution in [0.25, 0.3) is 0 Å². The van der Waals surface area contributed by atoms with Crippen LogP contribution >= 0.6 is 11.3 Å². The van der Waals surface area contributed by atoms with Gasteiger partial charge in [0.05, 0.1) is 13.2 Å². The normalized spacial score (nSPS) is 15.3. The Kier molecular flexibility index (Phi) is 4.78. The summed E-state index contributed by atoms with van der Waals surface area (Å²) < 4.78 is 5.20. The lowest BCUT2D eigenvalue weighted by atomic mass is 10.0. The van der Waals surface area contributed by atoms with Crippen LogP contribution in [0.2, 0.25) is 0 Å². The van der Waals surface area contributed by atoms with E-state index in [0.717, 1.165) is 12.2 Å². The molecule has 1 N–H and O–H groups in total. The van der Waals surface area contributed by atoms with Crippen molar-refractivity contribution in [2.75, 3.05) is 7.11 Å². The first-order valence-corrected chi connectivity index (χ1v) is 8.60. The van der Waals surface area contributed by atoms with Gasteiger partial charge in [0.2, 0.25) is 5.91 Å². The van der Waals surface area contributed by atoms with Crippen molar-refractivity contribution in [2.45, 2.75) is 31.7 Å². The lowest BCUT2D eigenvalue weighted by Crippen LogP contribution is -2.30. The van der Waals surface area contributed by atoms with Crippen molar-refractivity contribution in [1.82, 2.24) is 5.32 Å². The summed E-state index contributed by atoms with van der Waals surface area (Å²) >= 11 is 1.71. The summed E-state index contributed by atoms with van der Waals surface area (Å²) in [6.45, 7) is 0. The van der Waals surface area contributed by atoms with Crippen LogP contribution in [0.15, 0.2) is 41.8 Å². The molecule has 4 heteroatoms. The Bertz CT molecular complexity index is 603. The van der Waals surface area contributed by atoms with Crippen molar-refractivity contribution in [3.8, 4) is 5.75 Å². The first-order chi connectivity index (χ1) is 10.8. The molecule has 22 heavy (non-hydrogen) atoms. The monoisotopic (exact) mass is 315 g/mol. The summed E-state index contributed by atoms with van der Waals surface area (Å²) in [4.78, 5) is 13.5. The van der Waals surface area contributed by atoms with Crippen LogP contribution in [0.1, 0.15) is 35.7 Å². The summed E-state index contributed by atoms with van der Waals surface area (Å²) in [6.07, 6.45) is 3.77. The van der Waals surface area contributed by atoms with E-state index in [1.807, 2.05) is 18.2 Å². The van der Waals surface area contributed by atoms with E-state index in [1.54, 1.807) is 18.4 Å². The number of hydrogen-bond acceptors (Lipinski definition) is 3. The molecule has 1 amide bonds. The molecule has 116 valence electrons. The highest BCUT2D eigenvalue weighted by atomic mass is 32.1. The molecule has 1 saturated carbocycles. The van der Waals surface area contributed by atoms with Crippen molar-refractivity contribution >= 4 is 17.2 Å². The molecule has 2 aromatic rings. The highest BCUT2D eigenvalue weighted by Gasteiger charge is 2.33. The standard InChI is InChI=1S/C18H21NO2S/c1-21-15-8-6-14(7-9-15)18(13-4-5-13)19-17(20)11-10-16-3-2-12-22-16/h2-3,6-9,12-13,18H,4-5,10-11H2,1H3,(H,19,20). The van der Waals surface area contributed by atoms with Gasteiger partial charge >= 0.3 is 0 Å². The maximum absolute atomic E-state index is 12.2. The number of carbonyl (C=O) groups excluding carboxylic acids is 1. The molecule has 0 bridgehead atoms. The molecule has 1 aliphatic carbocycles. The van der Waals surface area contributed by atoms with Crippen LogP contribution in [-0.4, -0.2) is 13.0 Å². The Labute approximate surface area is 135 Å². The van der Waals surface area contributed by atoms with E-state index in [9.17, 15) is 4.79 Å². The van der Waals surface area contributed by atoms with Crippen LogP contribution in [0.5, 0.6) is 5.75 Å². The van der Waals surface area contributed by atoms with Gasteiger partial charge in [0, 0.05) is 11.3 Å². The average molecular weight is 315 g/mol. The number of rotatable bonds is 7. The van der Waals surface area contributed by atoms with E-state index in [1.165, 1.54) is 23.3 Å². The number of nitrogens with one attached hydrogen (secondary N) is 1. The van der Waals surface area contributed by atoms with Gasteiger partial charge in [-0.25, -0.2) is 0 Å². The second kappa shape index (κ2) is 6.97. The number of amides is 1. The number of carbonyl (C=O) groups is 1. The minimum atomic E-state index is 0.140. The Morgan fingerprint density at radius 2 is 2.09 bits per heavy atom. The first kappa shape index (κ1) is 15.1. The summed E-state index contributed by atoms with van der Waals surface area (Å²) in [5.74, 6) is 1.57. The number of methoxy groups -OCH3 is 1. The van der Waals surface area contributed by atoms with Gasteiger partial charge < -0.3 is 10.1 Å². The number of ether oxygens (including phenoxy) is 1. The molecule has 0 saturated heterocycles. The zero-order valence-electron chi connectivity index (χ0n) is 12.7. The summed E-state index contributed by atoms with van der Waals surface area (Å²) in [5, 5.41) is 5.27. The van der Waals surface area contributed by atoms with Crippen LogP contribution in [-0.2, 0) is 11.2 Å². The highest BCUT2D eigenvalue weighted by molar-refractivity contribution is 7.09. The van der Waals surface area contributed by atoms with E-state index in [0.29, 0.717) is 12.3 Å². The van der Waals surface area contributed by atoms with Crippen molar-refractivity contribution in [1.29, 1.82) is 0 Å². The van der Waals surface area contributed by atoms with Crippen LogP contribution in [0.3, 0.4) is 0 Å². The third-order valence-corrected chi connectivity index (χ3v) is 5.00. The number of aryl methyl sites for hydroxylation is 1. The molecule has 0 spiro atoms. The van der Waals surface area contributed by atoms with Crippen molar-refractivity contribution in [3.05, 3.63) is 52.2 Å². The molecular formula is C18H21NO2S. The Balaban J connectivity index is 1.60. The largest absolute Gasteiger partial charge is 0.497 e. The number of hydrogen-bond donors (Lipinski definition) is 1. The fraction of sp³-hybridized carbons (Fsp3) is 0.389. The van der Waals surface area contributed by atoms with Gasteiger partial charge in [-0.15, -0.1) is 11.3 Å². The smallest absolute Gasteiger partial charge is 0.220 e. The zero-order valence-corrected chi connectivity index (χ0v) is 13.6. The number of benzene rings is 1. The maximum Gasteiger partial charge on any atom is 0.220 e. The van der Waals surface area contributed by atoms with Crippen molar-refractivity contribution in [3.63, 3.8) is 0 Å². The predicted octanol–water partition coefficient (Wildman–Crippen LogP) is 3.96. The molecule has 3 rings (SSSR count). The van der Waals surface area contributed by atoms with Gasteiger partial charge in [0.15, 0.2) is 0 Å². The third-order valence-electron chi connectivity index (χ3n) is 4.06. The van der Waals surface area contributed by atoms with Crippen LogP contribution < -0.4 is 10.1 Å². The average Bonchev–Trinajstić information content (AvgIpc) is 3.26. The predicted molar refractivity (Wildman–Crippen MR) is 89.2 cm³/mol.